The second kappa shape index (κ2) is 6.15. The van der Waals surface area contributed by atoms with E-state index in [-0.39, 0.29) is 16.7 Å². The number of rotatable bonds is 6. The smallest absolute Gasteiger partial charge is 0.269 e. The molecule has 1 aromatic carbocycles. The highest BCUT2D eigenvalue weighted by atomic mass is 16.6. The van der Waals surface area contributed by atoms with Gasteiger partial charge in [0.1, 0.15) is 0 Å². The number of benzene rings is 1. The molecule has 2 atom stereocenters. The van der Waals surface area contributed by atoms with Crippen molar-refractivity contribution in [1.29, 1.82) is 0 Å². The van der Waals surface area contributed by atoms with Crippen molar-refractivity contribution >= 4 is 5.69 Å². The van der Waals surface area contributed by atoms with Gasteiger partial charge >= 0.3 is 0 Å². The summed E-state index contributed by atoms with van der Waals surface area (Å²) < 4.78 is 0. The van der Waals surface area contributed by atoms with Crippen molar-refractivity contribution in [2.45, 2.75) is 51.6 Å². The van der Waals surface area contributed by atoms with Crippen molar-refractivity contribution in [2.75, 3.05) is 0 Å². The van der Waals surface area contributed by atoms with Gasteiger partial charge in [-0.2, -0.15) is 0 Å². The topological polar surface area (TPSA) is 55.2 Å². The number of nitrogens with one attached hydrogen (secondary N) is 1. The lowest BCUT2D eigenvalue weighted by Gasteiger charge is -2.34. The lowest BCUT2D eigenvalue weighted by Crippen LogP contribution is -2.39. The van der Waals surface area contributed by atoms with E-state index in [0.29, 0.717) is 6.04 Å². The molecule has 1 fully saturated rings. The Labute approximate surface area is 114 Å². The van der Waals surface area contributed by atoms with E-state index in [4.69, 9.17) is 0 Å². The second-order valence-electron chi connectivity index (χ2n) is 5.46. The monoisotopic (exact) mass is 262 g/mol. The van der Waals surface area contributed by atoms with Gasteiger partial charge in [-0.15, -0.1) is 0 Å². The molecule has 1 N–H and O–H groups in total. The molecule has 0 spiro atoms. The Morgan fingerprint density at radius 1 is 1.47 bits per heavy atom. The van der Waals surface area contributed by atoms with Crippen LogP contribution in [0, 0.1) is 16.0 Å². The van der Waals surface area contributed by atoms with Crippen LogP contribution in [0.3, 0.4) is 0 Å². The van der Waals surface area contributed by atoms with Gasteiger partial charge in [0, 0.05) is 24.2 Å². The fraction of sp³-hybridized carbons (Fsp3) is 0.600. The van der Waals surface area contributed by atoms with Crippen LogP contribution in [0.2, 0.25) is 0 Å². The van der Waals surface area contributed by atoms with E-state index >= 15 is 0 Å². The molecular weight excluding hydrogens is 240 g/mol. The van der Waals surface area contributed by atoms with Crippen LogP contribution in [0.25, 0.3) is 0 Å². The highest BCUT2D eigenvalue weighted by Crippen LogP contribution is 2.31. The van der Waals surface area contributed by atoms with Gasteiger partial charge in [0.15, 0.2) is 0 Å². The van der Waals surface area contributed by atoms with Gasteiger partial charge < -0.3 is 5.32 Å². The Kier molecular flexibility index (Phi) is 4.53. The van der Waals surface area contributed by atoms with Crippen molar-refractivity contribution in [3.05, 3.63) is 39.9 Å². The van der Waals surface area contributed by atoms with Gasteiger partial charge in [0.2, 0.25) is 0 Å². The molecular formula is C15H22N2O2. The molecule has 4 heteroatoms. The average Bonchev–Trinajstić information content (AvgIpc) is 2.34. The molecule has 0 radical (unpaired) electrons. The summed E-state index contributed by atoms with van der Waals surface area (Å²) in [4.78, 5) is 10.5. The maximum Gasteiger partial charge on any atom is 0.269 e. The Morgan fingerprint density at radius 2 is 2.21 bits per heavy atom. The summed E-state index contributed by atoms with van der Waals surface area (Å²) in [5.41, 5.74) is 1.19. The minimum absolute atomic E-state index is 0.175. The first-order valence-electron chi connectivity index (χ1n) is 7.12. The summed E-state index contributed by atoms with van der Waals surface area (Å²) in [6.07, 6.45) is 4.89. The Hall–Kier alpha value is -1.42. The Bertz CT molecular complexity index is 444. The molecule has 0 saturated heterocycles. The zero-order valence-corrected chi connectivity index (χ0v) is 11.6. The molecule has 0 bridgehead atoms. The van der Waals surface area contributed by atoms with Gasteiger partial charge in [0.25, 0.3) is 5.69 Å². The maximum atomic E-state index is 10.8. The van der Waals surface area contributed by atoms with Gasteiger partial charge in [-0.3, -0.25) is 10.1 Å². The largest absolute Gasteiger partial charge is 0.307 e. The molecule has 0 aliphatic heterocycles. The fourth-order valence-corrected chi connectivity index (χ4v) is 2.70. The van der Waals surface area contributed by atoms with Crippen molar-refractivity contribution in [2.24, 2.45) is 5.92 Å². The average molecular weight is 262 g/mol. The van der Waals surface area contributed by atoms with Gasteiger partial charge in [-0.1, -0.05) is 25.5 Å². The van der Waals surface area contributed by atoms with Crippen molar-refractivity contribution in [3.63, 3.8) is 0 Å². The van der Waals surface area contributed by atoms with Crippen LogP contribution in [0.5, 0.6) is 0 Å². The van der Waals surface area contributed by atoms with E-state index in [1.807, 2.05) is 6.07 Å². The van der Waals surface area contributed by atoms with E-state index in [0.717, 1.165) is 17.9 Å². The molecule has 2 rings (SSSR count). The minimum Gasteiger partial charge on any atom is -0.307 e. The predicted octanol–water partition coefficient (Wildman–Crippen LogP) is 3.82. The number of nitro benzene ring substituents is 1. The maximum absolute atomic E-state index is 10.8. The highest BCUT2D eigenvalue weighted by molar-refractivity contribution is 5.35. The summed E-state index contributed by atoms with van der Waals surface area (Å²) in [5.74, 6) is 0.771. The normalized spacial score (nSPS) is 18.6. The molecule has 0 amide bonds. The molecule has 1 aromatic rings. The zero-order valence-electron chi connectivity index (χ0n) is 11.6. The molecule has 0 aromatic heterocycles. The summed E-state index contributed by atoms with van der Waals surface area (Å²) in [7, 11) is 0. The second-order valence-corrected chi connectivity index (χ2v) is 5.46. The Balaban J connectivity index is 2.07. The van der Waals surface area contributed by atoms with E-state index in [1.54, 1.807) is 18.2 Å². The first kappa shape index (κ1) is 14.0. The van der Waals surface area contributed by atoms with E-state index in [2.05, 4.69) is 19.2 Å². The summed E-state index contributed by atoms with van der Waals surface area (Å²) in [6, 6.07) is 7.67. The van der Waals surface area contributed by atoms with Crippen LogP contribution in [-0.2, 0) is 0 Å². The minimum atomic E-state index is -0.328. The number of hydrogen-bond acceptors (Lipinski definition) is 3. The van der Waals surface area contributed by atoms with Crippen LogP contribution in [0.1, 0.15) is 51.1 Å². The van der Waals surface area contributed by atoms with E-state index in [1.165, 1.54) is 19.3 Å². The van der Waals surface area contributed by atoms with Crippen molar-refractivity contribution < 1.29 is 4.92 Å². The molecule has 4 nitrogen and oxygen atoms in total. The van der Waals surface area contributed by atoms with Crippen molar-refractivity contribution in [1.82, 2.24) is 5.32 Å². The number of nitrogens with zero attached hydrogens (tertiary/aromatic N) is 1. The number of nitro groups is 1. The quantitative estimate of drug-likeness (QED) is 0.626. The SMILES string of the molecule is CCC(NC(C)C1CCC1)c1cccc([N+](=O)[O-])c1. The van der Waals surface area contributed by atoms with Crippen LogP contribution in [0.15, 0.2) is 24.3 Å². The molecule has 1 saturated carbocycles. The lowest BCUT2D eigenvalue weighted by molar-refractivity contribution is -0.384. The first-order valence-corrected chi connectivity index (χ1v) is 7.12. The summed E-state index contributed by atoms with van der Waals surface area (Å²) in [5, 5.41) is 14.5. The lowest BCUT2D eigenvalue weighted by atomic mass is 9.80. The summed E-state index contributed by atoms with van der Waals surface area (Å²) in [6.45, 7) is 4.34. The molecule has 104 valence electrons. The summed E-state index contributed by atoms with van der Waals surface area (Å²) >= 11 is 0. The molecule has 2 unspecified atom stereocenters. The van der Waals surface area contributed by atoms with E-state index in [9.17, 15) is 10.1 Å². The zero-order chi connectivity index (χ0) is 13.8. The van der Waals surface area contributed by atoms with Crippen LogP contribution < -0.4 is 5.32 Å². The van der Waals surface area contributed by atoms with Crippen LogP contribution in [-0.4, -0.2) is 11.0 Å². The van der Waals surface area contributed by atoms with Crippen LogP contribution in [0.4, 0.5) is 5.69 Å². The number of non-ortho nitro benzene ring substituents is 1. The third-order valence-corrected chi connectivity index (χ3v) is 4.21. The Morgan fingerprint density at radius 3 is 2.74 bits per heavy atom. The molecule has 1 aliphatic rings. The molecule has 19 heavy (non-hydrogen) atoms. The van der Waals surface area contributed by atoms with Gasteiger partial charge in [-0.05, 0) is 37.7 Å². The first-order chi connectivity index (χ1) is 9.11. The van der Waals surface area contributed by atoms with Gasteiger partial charge in [0.05, 0.1) is 4.92 Å². The molecule has 0 heterocycles. The van der Waals surface area contributed by atoms with Gasteiger partial charge in [-0.25, -0.2) is 0 Å². The third kappa shape index (κ3) is 3.32. The van der Waals surface area contributed by atoms with Crippen molar-refractivity contribution in [3.8, 4) is 0 Å². The van der Waals surface area contributed by atoms with E-state index < -0.39 is 0 Å². The number of hydrogen-bond donors (Lipinski definition) is 1. The fourth-order valence-electron chi connectivity index (χ4n) is 2.70. The highest BCUT2D eigenvalue weighted by Gasteiger charge is 2.25. The van der Waals surface area contributed by atoms with Crippen LogP contribution >= 0.6 is 0 Å². The standard InChI is InChI=1S/C15H22N2O2/c1-3-15(16-11(2)12-6-4-7-12)13-8-5-9-14(10-13)17(18)19/h5,8-12,15-16H,3-4,6-7H2,1-2H3. The molecule has 1 aliphatic carbocycles. The third-order valence-electron chi connectivity index (χ3n) is 4.21. The predicted molar refractivity (Wildman–Crippen MR) is 76.1 cm³/mol.